The Morgan fingerprint density at radius 3 is 2.63 bits per heavy atom. The minimum Gasteiger partial charge on any atom is -0.484 e. The molecule has 1 saturated heterocycles. The molecular formula is C29H27N3O5S. The van der Waals surface area contributed by atoms with Crippen LogP contribution in [0.1, 0.15) is 48.8 Å². The smallest absolute Gasteiger partial charge is 0.275 e. The first-order chi connectivity index (χ1) is 18.7. The second kappa shape index (κ2) is 10.8. The first kappa shape index (κ1) is 24.4. The van der Waals surface area contributed by atoms with Crippen molar-refractivity contribution in [3.8, 4) is 5.75 Å². The summed E-state index contributed by atoms with van der Waals surface area (Å²) in [5.74, 6) is 0.837. The van der Waals surface area contributed by atoms with Crippen molar-refractivity contribution in [2.75, 3.05) is 32.8 Å². The first-order valence-electron chi connectivity index (χ1n) is 12.6. The molecular weight excluding hydrogens is 502 g/mol. The molecule has 0 bridgehead atoms. The highest BCUT2D eigenvalue weighted by Gasteiger charge is 2.33. The second-order valence-corrected chi connectivity index (χ2v) is 10.2. The molecule has 1 atom stereocenters. The van der Waals surface area contributed by atoms with Crippen LogP contribution in [0.4, 0.5) is 0 Å². The number of hydrogen-bond donors (Lipinski definition) is 0. The van der Waals surface area contributed by atoms with Crippen LogP contribution in [0.5, 0.6) is 5.75 Å². The lowest BCUT2D eigenvalue weighted by atomic mass is 9.88. The van der Waals surface area contributed by atoms with E-state index in [9.17, 15) is 9.59 Å². The van der Waals surface area contributed by atoms with E-state index >= 15 is 0 Å². The van der Waals surface area contributed by atoms with Crippen molar-refractivity contribution in [1.29, 1.82) is 0 Å². The van der Waals surface area contributed by atoms with Crippen LogP contribution in [0.3, 0.4) is 0 Å². The fourth-order valence-corrected chi connectivity index (χ4v) is 5.67. The maximum atomic E-state index is 13.5. The lowest BCUT2D eigenvalue weighted by molar-refractivity contribution is 0.0299. The summed E-state index contributed by atoms with van der Waals surface area (Å²) in [5.41, 5.74) is 3.55. The molecule has 2 aliphatic heterocycles. The molecule has 1 fully saturated rings. The van der Waals surface area contributed by atoms with Crippen molar-refractivity contribution in [1.82, 2.24) is 14.8 Å². The molecule has 2 aliphatic rings. The lowest BCUT2D eigenvalue weighted by Gasteiger charge is -2.37. The van der Waals surface area contributed by atoms with Crippen LogP contribution in [0.25, 0.3) is 0 Å². The minimum absolute atomic E-state index is 0.0306. The lowest BCUT2D eigenvalue weighted by Crippen LogP contribution is -2.40. The van der Waals surface area contributed by atoms with Gasteiger partial charge in [0.1, 0.15) is 12.0 Å². The van der Waals surface area contributed by atoms with Crippen molar-refractivity contribution in [2.45, 2.75) is 19.1 Å². The monoisotopic (exact) mass is 529 g/mol. The molecule has 38 heavy (non-hydrogen) atoms. The molecule has 0 spiro atoms. The van der Waals surface area contributed by atoms with Gasteiger partial charge in [-0.25, -0.2) is 4.98 Å². The summed E-state index contributed by atoms with van der Waals surface area (Å²) in [4.78, 5) is 34.9. The second-order valence-electron chi connectivity index (χ2n) is 9.22. The van der Waals surface area contributed by atoms with E-state index in [1.54, 1.807) is 4.90 Å². The molecule has 2 aromatic heterocycles. The third kappa shape index (κ3) is 4.94. The molecule has 194 valence electrons. The van der Waals surface area contributed by atoms with Gasteiger partial charge in [-0.15, -0.1) is 11.3 Å². The van der Waals surface area contributed by atoms with E-state index in [2.05, 4.69) is 23.2 Å². The van der Waals surface area contributed by atoms with E-state index in [4.69, 9.17) is 13.9 Å². The van der Waals surface area contributed by atoms with E-state index in [0.29, 0.717) is 44.5 Å². The van der Waals surface area contributed by atoms with E-state index in [1.165, 1.54) is 23.2 Å². The minimum atomic E-state index is -0.224. The number of carbonyl (C=O) groups is 2. The maximum absolute atomic E-state index is 13.5. The fraction of sp³-hybridized carbons (Fsp3) is 0.276. The van der Waals surface area contributed by atoms with Gasteiger partial charge < -0.3 is 23.7 Å². The largest absolute Gasteiger partial charge is 0.484 e. The Labute approximate surface area is 224 Å². The molecule has 1 unspecified atom stereocenters. The highest BCUT2D eigenvalue weighted by Crippen LogP contribution is 2.38. The quantitative estimate of drug-likeness (QED) is 0.364. The summed E-state index contributed by atoms with van der Waals surface area (Å²) < 4.78 is 16.9. The van der Waals surface area contributed by atoms with Gasteiger partial charge in [-0.2, -0.15) is 0 Å². The van der Waals surface area contributed by atoms with Gasteiger partial charge >= 0.3 is 0 Å². The third-order valence-corrected chi connectivity index (χ3v) is 7.74. The molecule has 0 N–H and O–H groups in total. The van der Waals surface area contributed by atoms with Gasteiger partial charge in [-0.3, -0.25) is 9.59 Å². The van der Waals surface area contributed by atoms with Gasteiger partial charge in [0.15, 0.2) is 12.3 Å². The van der Waals surface area contributed by atoms with E-state index in [-0.39, 0.29) is 30.2 Å². The Kier molecular flexibility index (Phi) is 6.94. The molecule has 4 heterocycles. The number of carbonyl (C=O) groups excluding carboxylic acids is 2. The molecule has 6 rings (SSSR count). The predicted molar refractivity (Wildman–Crippen MR) is 141 cm³/mol. The van der Waals surface area contributed by atoms with E-state index in [1.807, 2.05) is 52.7 Å². The zero-order valence-corrected chi connectivity index (χ0v) is 21.6. The number of morpholine rings is 1. The van der Waals surface area contributed by atoms with Gasteiger partial charge in [-0.1, -0.05) is 42.5 Å². The molecule has 4 aromatic rings. The van der Waals surface area contributed by atoms with Crippen LogP contribution in [0, 0.1) is 0 Å². The number of hydrogen-bond acceptors (Lipinski definition) is 7. The molecule has 0 aliphatic carbocycles. The summed E-state index contributed by atoms with van der Waals surface area (Å²) in [5, 5.41) is 1.93. The van der Waals surface area contributed by atoms with Crippen LogP contribution >= 0.6 is 11.3 Å². The normalized spacial score (nSPS) is 17.2. The van der Waals surface area contributed by atoms with Crippen LogP contribution in [0.15, 0.2) is 76.7 Å². The summed E-state index contributed by atoms with van der Waals surface area (Å²) in [6.45, 7) is 2.86. The Morgan fingerprint density at radius 2 is 1.84 bits per heavy atom. The molecule has 9 heteroatoms. The van der Waals surface area contributed by atoms with Crippen molar-refractivity contribution in [3.05, 3.63) is 105 Å². The number of amides is 2. The van der Waals surface area contributed by atoms with Gasteiger partial charge in [0.25, 0.3) is 11.8 Å². The Hall–Kier alpha value is -3.95. The van der Waals surface area contributed by atoms with Crippen molar-refractivity contribution >= 4 is 23.2 Å². The molecule has 2 amide bonds. The molecule has 2 aromatic carbocycles. The maximum Gasteiger partial charge on any atom is 0.275 e. The number of ether oxygens (including phenoxy) is 2. The topological polar surface area (TPSA) is 85.1 Å². The standard InChI is InChI=1S/C29H27N3O5S/c33-28(31-12-14-35-15-13-31)24-18-37-26(30-24)19-36-22-9-8-20-10-11-32(29(34)25-7-4-16-38-25)27(23(20)17-22)21-5-2-1-3-6-21/h1-9,16-18,27H,10-15,19H2. The predicted octanol–water partition coefficient (Wildman–Crippen LogP) is 4.58. The number of nitrogens with zero attached hydrogens (tertiary/aromatic N) is 3. The van der Waals surface area contributed by atoms with Gasteiger partial charge in [0.05, 0.1) is 24.1 Å². The number of oxazole rings is 1. The summed E-state index contributed by atoms with van der Waals surface area (Å²) in [6.07, 6.45) is 2.14. The average Bonchev–Trinajstić information content (AvgIpc) is 3.69. The molecule has 0 saturated carbocycles. The summed E-state index contributed by atoms with van der Waals surface area (Å²) in [7, 11) is 0. The number of aromatic nitrogens is 1. The van der Waals surface area contributed by atoms with Crippen LogP contribution in [-0.2, 0) is 17.8 Å². The number of rotatable bonds is 6. The first-order valence-corrected chi connectivity index (χ1v) is 13.5. The summed E-state index contributed by atoms with van der Waals surface area (Å²) in [6, 6.07) is 19.6. The van der Waals surface area contributed by atoms with Crippen LogP contribution in [0.2, 0.25) is 0 Å². The van der Waals surface area contributed by atoms with Crippen molar-refractivity contribution in [3.63, 3.8) is 0 Å². The fourth-order valence-electron chi connectivity index (χ4n) is 4.99. The Morgan fingerprint density at radius 1 is 1.00 bits per heavy atom. The van der Waals surface area contributed by atoms with Gasteiger partial charge in [0, 0.05) is 19.6 Å². The van der Waals surface area contributed by atoms with E-state index in [0.717, 1.165) is 22.4 Å². The van der Waals surface area contributed by atoms with Crippen molar-refractivity contribution < 1.29 is 23.5 Å². The highest BCUT2D eigenvalue weighted by atomic mass is 32.1. The van der Waals surface area contributed by atoms with Gasteiger partial charge in [0.2, 0.25) is 5.89 Å². The Bertz CT molecular complexity index is 1410. The molecule has 8 nitrogen and oxygen atoms in total. The Balaban J connectivity index is 1.22. The average molecular weight is 530 g/mol. The van der Waals surface area contributed by atoms with E-state index < -0.39 is 0 Å². The zero-order valence-electron chi connectivity index (χ0n) is 20.7. The van der Waals surface area contributed by atoms with Gasteiger partial charge in [-0.05, 0) is 46.7 Å². The third-order valence-electron chi connectivity index (χ3n) is 6.89. The molecule has 0 radical (unpaired) electrons. The number of benzene rings is 2. The number of thiophene rings is 1. The highest BCUT2D eigenvalue weighted by molar-refractivity contribution is 7.12. The van der Waals surface area contributed by atoms with Crippen molar-refractivity contribution in [2.24, 2.45) is 0 Å². The van der Waals surface area contributed by atoms with Crippen LogP contribution < -0.4 is 4.74 Å². The SMILES string of the molecule is O=C(c1coc(COc2ccc3c(c2)C(c2ccccc2)N(C(=O)c2cccs2)CC3)n1)N1CCOCC1. The number of fused-ring (bicyclic) bond motifs is 1. The summed E-state index contributed by atoms with van der Waals surface area (Å²) >= 11 is 1.46. The van der Waals surface area contributed by atoms with Crippen LogP contribution in [-0.4, -0.2) is 59.4 Å². The zero-order chi connectivity index (χ0) is 25.9.